The number of aromatic amines is 1. The molecule has 0 radical (unpaired) electrons. The molecule has 1 amide bonds. The van der Waals surface area contributed by atoms with Gasteiger partial charge in [-0.25, -0.2) is 0 Å². The van der Waals surface area contributed by atoms with Crippen LogP contribution in [0.15, 0.2) is 36.7 Å². The molecule has 2 unspecified atom stereocenters. The van der Waals surface area contributed by atoms with E-state index >= 15 is 0 Å². The largest absolute Gasteiger partial charge is 0.366 e. The SMILES string of the molecule is Cc1ccc(-c2c[nH]c(/C(=C\C=N)N3CC4CCC(C3)N4C(=O)C3CC3)c2)cn1. The molecule has 2 aromatic rings. The molecule has 2 N–H and O–H groups in total. The van der Waals surface area contributed by atoms with Crippen LogP contribution in [0.1, 0.15) is 37.1 Å². The van der Waals surface area contributed by atoms with Gasteiger partial charge < -0.3 is 20.2 Å². The molecule has 29 heavy (non-hydrogen) atoms. The van der Waals surface area contributed by atoms with Crippen molar-refractivity contribution in [2.75, 3.05) is 13.1 Å². The van der Waals surface area contributed by atoms with Crippen molar-refractivity contribution in [2.45, 2.75) is 44.7 Å². The molecule has 6 nitrogen and oxygen atoms in total. The Morgan fingerprint density at radius 3 is 2.55 bits per heavy atom. The molecular formula is C23H27N5O. The second-order valence-corrected chi connectivity index (χ2v) is 8.52. The molecule has 4 heterocycles. The standard InChI is InChI=1S/C23H27N5O/c1-15-2-3-17(11-25-15)18-10-21(26-12-18)22(8-9-24)27-13-19-6-7-20(14-27)28(19)23(29)16-4-5-16/h2-3,8-12,16,19-20,24,26H,4-7,13-14H2,1H3/b22-8+,24-9?. The van der Waals surface area contributed by atoms with Crippen LogP contribution in [0.25, 0.3) is 16.8 Å². The fraction of sp³-hybridized carbons (Fsp3) is 0.435. The number of hydrogen-bond donors (Lipinski definition) is 2. The lowest BCUT2D eigenvalue weighted by atomic mass is 10.1. The first kappa shape index (κ1) is 18.2. The number of amides is 1. The summed E-state index contributed by atoms with van der Waals surface area (Å²) < 4.78 is 0. The quantitative estimate of drug-likeness (QED) is 0.769. The smallest absolute Gasteiger partial charge is 0.226 e. The van der Waals surface area contributed by atoms with Gasteiger partial charge in [0.25, 0.3) is 0 Å². The van der Waals surface area contributed by atoms with Gasteiger partial charge in [-0.05, 0) is 50.8 Å². The Bertz CT molecular complexity index is 942. The summed E-state index contributed by atoms with van der Waals surface area (Å²) >= 11 is 0. The second-order valence-electron chi connectivity index (χ2n) is 8.52. The number of piperazine rings is 1. The summed E-state index contributed by atoms with van der Waals surface area (Å²) in [5, 5.41) is 7.67. The number of carbonyl (C=O) groups excluding carboxylic acids is 1. The third-order valence-electron chi connectivity index (χ3n) is 6.45. The Kier molecular flexibility index (Phi) is 4.49. The van der Waals surface area contributed by atoms with Crippen molar-refractivity contribution in [1.82, 2.24) is 19.8 Å². The first-order valence-corrected chi connectivity index (χ1v) is 10.5. The van der Waals surface area contributed by atoms with E-state index in [9.17, 15) is 4.79 Å². The van der Waals surface area contributed by atoms with Gasteiger partial charge in [-0.3, -0.25) is 9.78 Å². The van der Waals surface area contributed by atoms with Crippen LogP contribution in [0.3, 0.4) is 0 Å². The van der Waals surface area contributed by atoms with E-state index in [0.29, 0.717) is 18.0 Å². The summed E-state index contributed by atoms with van der Waals surface area (Å²) in [6.07, 6.45) is 11.4. The molecule has 2 saturated heterocycles. The molecular weight excluding hydrogens is 362 g/mol. The number of H-pyrrole nitrogens is 1. The topological polar surface area (TPSA) is 76.1 Å². The molecule has 2 aromatic heterocycles. The molecule has 0 spiro atoms. The number of carbonyl (C=O) groups is 1. The van der Waals surface area contributed by atoms with Gasteiger partial charge in [0.05, 0.1) is 11.4 Å². The molecule has 5 rings (SSSR count). The maximum atomic E-state index is 12.7. The molecule has 2 bridgehead atoms. The third-order valence-corrected chi connectivity index (χ3v) is 6.45. The summed E-state index contributed by atoms with van der Waals surface area (Å²) in [5.74, 6) is 0.666. The van der Waals surface area contributed by atoms with Crippen LogP contribution >= 0.6 is 0 Å². The van der Waals surface area contributed by atoms with Crippen molar-refractivity contribution >= 4 is 17.8 Å². The lowest BCUT2D eigenvalue weighted by Crippen LogP contribution is -2.55. The minimum atomic E-state index is 0.287. The van der Waals surface area contributed by atoms with Crippen LogP contribution in [0.4, 0.5) is 0 Å². The molecule has 2 atom stereocenters. The zero-order valence-corrected chi connectivity index (χ0v) is 16.8. The number of nitrogens with one attached hydrogen (secondary N) is 2. The maximum absolute atomic E-state index is 12.7. The van der Waals surface area contributed by atoms with Gasteiger partial charge in [0.2, 0.25) is 5.91 Å². The summed E-state index contributed by atoms with van der Waals surface area (Å²) in [6.45, 7) is 3.67. The number of rotatable bonds is 5. The molecule has 0 aromatic carbocycles. The van der Waals surface area contributed by atoms with Crippen LogP contribution in [-0.2, 0) is 4.79 Å². The Labute approximate surface area is 171 Å². The number of nitrogens with zero attached hydrogens (tertiary/aromatic N) is 3. The Balaban J connectivity index is 1.38. The fourth-order valence-electron chi connectivity index (χ4n) is 4.79. The number of aromatic nitrogens is 2. The molecule has 1 saturated carbocycles. The van der Waals surface area contributed by atoms with Gasteiger partial charge >= 0.3 is 0 Å². The van der Waals surface area contributed by atoms with E-state index in [4.69, 9.17) is 5.41 Å². The van der Waals surface area contributed by atoms with Crippen molar-refractivity contribution in [3.63, 3.8) is 0 Å². The average Bonchev–Trinajstić information content (AvgIpc) is 3.41. The number of hydrogen-bond acceptors (Lipinski definition) is 4. The zero-order chi connectivity index (χ0) is 20.0. The predicted molar refractivity (Wildman–Crippen MR) is 113 cm³/mol. The Morgan fingerprint density at radius 1 is 1.17 bits per heavy atom. The number of allylic oxidation sites excluding steroid dienone is 1. The monoisotopic (exact) mass is 389 g/mol. The maximum Gasteiger partial charge on any atom is 0.226 e. The molecule has 1 aliphatic carbocycles. The van der Waals surface area contributed by atoms with Crippen LogP contribution in [-0.4, -0.2) is 57.1 Å². The van der Waals surface area contributed by atoms with E-state index < -0.39 is 0 Å². The van der Waals surface area contributed by atoms with Crippen LogP contribution in [0.2, 0.25) is 0 Å². The summed E-state index contributed by atoms with van der Waals surface area (Å²) in [6, 6.07) is 6.83. The van der Waals surface area contributed by atoms with Crippen molar-refractivity contribution in [3.05, 3.63) is 48.1 Å². The normalized spacial score (nSPS) is 24.1. The molecule has 3 aliphatic rings. The first-order chi connectivity index (χ1) is 14.1. The van der Waals surface area contributed by atoms with Gasteiger partial charge in [-0.2, -0.15) is 0 Å². The number of likely N-dealkylation sites (tertiary alicyclic amines) is 1. The minimum absolute atomic E-state index is 0.287. The fourth-order valence-corrected chi connectivity index (χ4v) is 4.79. The van der Waals surface area contributed by atoms with Gasteiger partial charge in [0.1, 0.15) is 0 Å². The molecule has 150 valence electrons. The number of fused-ring (bicyclic) bond motifs is 2. The van der Waals surface area contributed by atoms with Crippen molar-refractivity contribution in [1.29, 1.82) is 5.41 Å². The Hall–Kier alpha value is -2.89. The predicted octanol–water partition coefficient (Wildman–Crippen LogP) is 3.46. The highest BCUT2D eigenvalue weighted by Crippen LogP contribution is 2.39. The summed E-state index contributed by atoms with van der Waals surface area (Å²) in [5.41, 5.74) is 5.20. The molecule has 2 aliphatic heterocycles. The van der Waals surface area contributed by atoms with Gasteiger partial charge in [-0.15, -0.1) is 0 Å². The van der Waals surface area contributed by atoms with E-state index in [1.165, 1.54) is 6.21 Å². The lowest BCUT2D eigenvalue weighted by Gasteiger charge is -2.43. The highest BCUT2D eigenvalue weighted by Gasteiger charge is 2.46. The minimum Gasteiger partial charge on any atom is -0.366 e. The van der Waals surface area contributed by atoms with Crippen molar-refractivity contribution < 1.29 is 4.79 Å². The van der Waals surface area contributed by atoms with Crippen LogP contribution < -0.4 is 0 Å². The van der Waals surface area contributed by atoms with Crippen molar-refractivity contribution in [2.24, 2.45) is 5.92 Å². The Morgan fingerprint density at radius 2 is 1.93 bits per heavy atom. The number of pyridine rings is 1. The zero-order valence-electron chi connectivity index (χ0n) is 16.8. The first-order valence-electron chi connectivity index (χ1n) is 10.5. The van der Waals surface area contributed by atoms with E-state index in [0.717, 1.165) is 67.0 Å². The van der Waals surface area contributed by atoms with Crippen molar-refractivity contribution in [3.8, 4) is 11.1 Å². The average molecular weight is 390 g/mol. The molecule has 6 heteroatoms. The van der Waals surface area contributed by atoms with Gasteiger partial charge in [-0.1, -0.05) is 6.07 Å². The number of aryl methyl sites for hydroxylation is 1. The van der Waals surface area contributed by atoms with Gasteiger partial charge in [0, 0.05) is 66.5 Å². The highest BCUT2D eigenvalue weighted by molar-refractivity contribution is 5.84. The second kappa shape index (κ2) is 7.17. The van der Waals surface area contributed by atoms with E-state index in [1.54, 1.807) is 0 Å². The van der Waals surface area contributed by atoms with E-state index in [2.05, 4.69) is 31.9 Å². The summed E-state index contributed by atoms with van der Waals surface area (Å²) in [7, 11) is 0. The van der Waals surface area contributed by atoms with E-state index in [-0.39, 0.29) is 5.92 Å². The van der Waals surface area contributed by atoms with Gasteiger partial charge in [0.15, 0.2) is 0 Å². The van der Waals surface area contributed by atoms with E-state index in [1.807, 2.05) is 31.5 Å². The van der Waals surface area contributed by atoms with Crippen LogP contribution in [0.5, 0.6) is 0 Å². The molecule has 3 fully saturated rings. The highest BCUT2D eigenvalue weighted by atomic mass is 16.2. The third kappa shape index (κ3) is 3.37. The summed E-state index contributed by atoms with van der Waals surface area (Å²) in [4.78, 5) is 25.1. The lowest BCUT2D eigenvalue weighted by molar-refractivity contribution is -0.137. The van der Waals surface area contributed by atoms with Crippen LogP contribution in [0, 0.1) is 18.3 Å².